The Morgan fingerprint density at radius 1 is 1.33 bits per heavy atom. The Hall–Kier alpha value is -1.40. The van der Waals surface area contributed by atoms with Gasteiger partial charge in [-0.15, -0.1) is 0 Å². The third-order valence-corrected chi connectivity index (χ3v) is 4.40. The topological polar surface area (TPSA) is 48.0 Å². The quantitative estimate of drug-likeness (QED) is 0.374. The van der Waals surface area contributed by atoms with E-state index in [1.54, 1.807) is 13.1 Å². The van der Waals surface area contributed by atoms with Crippen LogP contribution in [0.15, 0.2) is 18.2 Å². The largest absolute Gasteiger partial charge is 0.483 e. The molecule has 2 rings (SSSR count). The van der Waals surface area contributed by atoms with E-state index in [-0.39, 0.29) is 5.60 Å². The van der Waals surface area contributed by atoms with Crippen molar-refractivity contribution < 1.29 is 18.5 Å². The number of amides is 1. The number of para-hydroxylation sites is 1. The maximum absolute atomic E-state index is 12.2. The first-order valence-corrected chi connectivity index (χ1v) is 9.19. The van der Waals surface area contributed by atoms with Crippen LogP contribution in [0.5, 0.6) is 11.5 Å². The van der Waals surface area contributed by atoms with Crippen LogP contribution in [0.4, 0.5) is 4.79 Å². The fraction of sp³-hybridized carbons (Fsp3) is 0.611. The minimum atomic E-state index is -0.477. The van der Waals surface area contributed by atoms with Gasteiger partial charge in [0.05, 0.1) is 6.61 Å². The predicted molar refractivity (Wildman–Crippen MR) is 96.3 cm³/mol. The molecule has 0 saturated heterocycles. The highest BCUT2D eigenvalue weighted by Gasteiger charge is 2.33. The third-order valence-electron chi connectivity index (χ3n) is 3.76. The SMILES string of the molecule is CCCCCCOSN(C)C(=O)Oc1cccc2c1OC(C)(C)C2. The maximum Gasteiger partial charge on any atom is 0.426 e. The van der Waals surface area contributed by atoms with Crippen molar-refractivity contribution in [3.05, 3.63) is 23.8 Å². The minimum absolute atomic E-state index is 0.271. The lowest BCUT2D eigenvalue weighted by Crippen LogP contribution is -2.26. The highest BCUT2D eigenvalue weighted by molar-refractivity contribution is 7.92. The fourth-order valence-corrected chi connectivity index (χ4v) is 3.01. The van der Waals surface area contributed by atoms with E-state index in [9.17, 15) is 4.79 Å². The summed E-state index contributed by atoms with van der Waals surface area (Å²) in [7, 11) is 1.63. The standard InChI is InChI=1S/C18H27NO4S/c1-5-6-7-8-12-21-24-19(4)17(20)22-15-11-9-10-14-13-18(2,3)23-16(14)15/h9-11H,5-8,12-13H2,1-4H3. The number of carbonyl (C=O) groups excluding carboxylic acids is 1. The van der Waals surface area contributed by atoms with Gasteiger partial charge in [-0.05, 0) is 26.3 Å². The third kappa shape index (κ3) is 5.31. The van der Waals surface area contributed by atoms with Gasteiger partial charge in [0.1, 0.15) is 17.8 Å². The summed E-state index contributed by atoms with van der Waals surface area (Å²) >= 11 is 1.01. The Balaban J connectivity index is 1.82. The lowest BCUT2D eigenvalue weighted by molar-refractivity contribution is 0.131. The van der Waals surface area contributed by atoms with Gasteiger partial charge in [0, 0.05) is 19.0 Å². The number of carbonyl (C=O) groups is 1. The molecule has 1 aromatic rings. The van der Waals surface area contributed by atoms with Crippen LogP contribution < -0.4 is 9.47 Å². The minimum Gasteiger partial charge on any atom is -0.483 e. The number of hydrogen-bond acceptors (Lipinski definition) is 5. The molecule has 0 saturated carbocycles. The number of hydrogen-bond donors (Lipinski definition) is 0. The highest BCUT2D eigenvalue weighted by Crippen LogP contribution is 2.42. The van der Waals surface area contributed by atoms with Crippen molar-refractivity contribution in [3.8, 4) is 11.5 Å². The smallest absolute Gasteiger partial charge is 0.426 e. The molecule has 0 unspecified atom stereocenters. The Bertz CT molecular complexity index is 562. The zero-order valence-electron chi connectivity index (χ0n) is 15.0. The molecule has 1 aliphatic rings. The van der Waals surface area contributed by atoms with E-state index in [1.807, 2.05) is 26.0 Å². The van der Waals surface area contributed by atoms with Gasteiger partial charge in [-0.25, -0.2) is 9.10 Å². The number of rotatable bonds is 8. The molecular weight excluding hydrogens is 326 g/mol. The molecule has 0 spiro atoms. The van der Waals surface area contributed by atoms with Gasteiger partial charge in [0.2, 0.25) is 0 Å². The fourth-order valence-electron chi connectivity index (χ4n) is 2.56. The van der Waals surface area contributed by atoms with Crippen molar-refractivity contribution in [2.75, 3.05) is 13.7 Å². The zero-order valence-corrected chi connectivity index (χ0v) is 15.8. The summed E-state index contributed by atoms with van der Waals surface area (Å²) in [6.45, 7) is 6.84. The monoisotopic (exact) mass is 353 g/mol. The molecular formula is C18H27NO4S. The van der Waals surface area contributed by atoms with Gasteiger partial charge >= 0.3 is 6.09 Å². The molecule has 0 fully saturated rings. The Morgan fingerprint density at radius 3 is 2.88 bits per heavy atom. The first kappa shape index (κ1) is 18.9. The van der Waals surface area contributed by atoms with Crippen molar-refractivity contribution in [2.45, 2.75) is 58.5 Å². The summed E-state index contributed by atoms with van der Waals surface area (Å²) in [5.74, 6) is 1.12. The molecule has 134 valence electrons. The van der Waals surface area contributed by atoms with Crippen molar-refractivity contribution in [1.82, 2.24) is 4.31 Å². The van der Waals surface area contributed by atoms with Crippen LogP contribution in [0.2, 0.25) is 0 Å². The molecule has 1 aliphatic heterocycles. The Kier molecular flexibility index (Phi) is 6.80. The van der Waals surface area contributed by atoms with Crippen LogP contribution in [-0.4, -0.2) is 29.7 Å². The number of unbranched alkanes of at least 4 members (excludes halogenated alkanes) is 3. The number of benzene rings is 1. The van der Waals surface area contributed by atoms with E-state index >= 15 is 0 Å². The molecule has 0 aliphatic carbocycles. The van der Waals surface area contributed by atoms with Gasteiger partial charge in [0.25, 0.3) is 0 Å². The van der Waals surface area contributed by atoms with Gasteiger partial charge in [-0.3, -0.25) is 4.18 Å². The predicted octanol–water partition coefficient (Wildman–Crippen LogP) is 4.99. The van der Waals surface area contributed by atoms with E-state index < -0.39 is 6.09 Å². The van der Waals surface area contributed by atoms with Crippen molar-refractivity contribution in [1.29, 1.82) is 0 Å². The van der Waals surface area contributed by atoms with Gasteiger partial charge in [-0.2, -0.15) is 0 Å². The van der Waals surface area contributed by atoms with Crippen LogP contribution in [0.1, 0.15) is 52.0 Å². The maximum atomic E-state index is 12.2. The average Bonchev–Trinajstić information content (AvgIpc) is 2.85. The first-order valence-electron chi connectivity index (χ1n) is 8.49. The molecule has 6 heteroatoms. The summed E-state index contributed by atoms with van der Waals surface area (Å²) in [5, 5.41) is 0. The first-order chi connectivity index (χ1) is 11.4. The molecule has 5 nitrogen and oxygen atoms in total. The van der Waals surface area contributed by atoms with Crippen LogP contribution >= 0.6 is 12.2 Å². The average molecular weight is 353 g/mol. The van der Waals surface area contributed by atoms with Gasteiger partial charge < -0.3 is 9.47 Å². The van der Waals surface area contributed by atoms with Crippen molar-refractivity contribution in [2.24, 2.45) is 0 Å². The molecule has 24 heavy (non-hydrogen) atoms. The van der Waals surface area contributed by atoms with E-state index in [0.717, 1.165) is 37.1 Å². The molecule has 0 aromatic heterocycles. The number of ether oxygens (including phenoxy) is 2. The van der Waals surface area contributed by atoms with E-state index in [4.69, 9.17) is 13.7 Å². The van der Waals surface area contributed by atoms with Gasteiger partial charge in [0.15, 0.2) is 11.5 Å². The molecule has 0 atom stereocenters. The van der Waals surface area contributed by atoms with Crippen molar-refractivity contribution >= 4 is 18.3 Å². The Labute approximate surface area is 149 Å². The molecule has 0 radical (unpaired) electrons. The van der Waals surface area contributed by atoms with E-state index in [1.165, 1.54) is 17.1 Å². The molecule has 1 amide bonds. The summed E-state index contributed by atoms with van der Waals surface area (Å²) < 4.78 is 18.2. The lowest BCUT2D eigenvalue weighted by Gasteiger charge is -2.19. The van der Waals surface area contributed by atoms with Crippen LogP contribution in [-0.2, 0) is 10.6 Å². The van der Waals surface area contributed by atoms with Crippen LogP contribution in [0.25, 0.3) is 0 Å². The van der Waals surface area contributed by atoms with Gasteiger partial charge in [-0.1, -0.05) is 38.3 Å². The second-order valence-electron chi connectivity index (χ2n) is 6.61. The number of fused-ring (bicyclic) bond motifs is 1. The molecule has 0 bridgehead atoms. The summed E-state index contributed by atoms with van der Waals surface area (Å²) in [5.41, 5.74) is 0.792. The molecule has 1 aromatic carbocycles. The summed E-state index contributed by atoms with van der Waals surface area (Å²) in [4.78, 5) is 12.2. The Morgan fingerprint density at radius 2 is 2.12 bits per heavy atom. The van der Waals surface area contributed by atoms with E-state index in [2.05, 4.69) is 6.92 Å². The van der Waals surface area contributed by atoms with E-state index in [0.29, 0.717) is 18.1 Å². The zero-order chi connectivity index (χ0) is 17.6. The molecule has 0 N–H and O–H groups in total. The normalized spacial score (nSPS) is 14.8. The summed E-state index contributed by atoms with van der Waals surface area (Å²) in [6.07, 6.45) is 4.88. The van der Waals surface area contributed by atoms with Crippen LogP contribution in [0, 0.1) is 0 Å². The number of nitrogens with zero attached hydrogens (tertiary/aromatic N) is 1. The second kappa shape index (κ2) is 8.62. The molecule has 1 heterocycles. The summed E-state index contributed by atoms with van der Waals surface area (Å²) in [6, 6.07) is 5.63. The lowest BCUT2D eigenvalue weighted by atomic mass is 10.0. The highest BCUT2D eigenvalue weighted by atomic mass is 32.2. The van der Waals surface area contributed by atoms with Crippen LogP contribution in [0.3, 0.4) is 0 Å². The second-order valence-corrected chi connectivity index (χ2v) is 7.54. The van der Waals surface area contributed by atoms with Crippen molar-refractivity contribution in [3.63, 3.8) is 0 Å².